The molecule has 2 heteroatoms. The van der Waals surface area contributed by atoms with Crippen molar-refractivity contribution >= 4 is 5.69 Å². The molecule has 21 heavy (non-hydrogen) atoms. The number of anilines is 1. The molecule has 0 spiro atoms. The van der Waals surface area contributed by atoms with Gasteiger partial charge in [0.15, 0.2) is 0 Å². The van der Waals surface area contributed by atoms with Gasteiger partial charge < -0.3 is 10.0 Å². The second-order valence-corrected chi connectivity index (χ2v) is 5.95. The lowest BCUT2D eigenvalue weighted by Crippen LogP contribution is -2.33. The van der Waals surface area contributed by atoms with Crippen LogP contribution >= 0.6 is 0 Å². The molecule has 2 unspecified atom stereocenters. The molecule has 2 nitrogen and oxygen atoms in total. The minimum Gasteiger partial charge on any atom is -0.387 e. The van der Waals surface area contributed by atoms with Crippen LogP contribution in [-0.2, 0) is 12.8 Å². The molecule has 1 aliphatic rings. The van der Waals surface area contributed by atoms with Crippen molar-refractivity contribution in [2.24, 2.45) is 0 Å². The second-order valence-electron chi connectivity index (χ2n) is 5.95. The third-order valence-electron chi connectivity index (χ3n) is 4.49. The lowest BCUT2D eigenvalue weighted by Gasteiger charge is -2.27. The van der Waals surface area contributed by atoms with E-state index in [0.29, 0.717) is 12.6 Å². The molecule has 1 aliphatic heterocycles. The molecule has 0 aromatic heterocycles. The first-order chi connectivity index (χ1) is 10.2. The molecular weight excluding hydrogens is 258 g/mol. The number of aliphatic hydroxyl groups excluding tert-OH is 1. The Labute approximate surface area is 127 Å². The predicted molar refractivity (Wildman–Crippen MR) is 87.7 cm³/mol. The van der Waals surface area contributed by atoms with Crippen molar-refractivity contribution in [3.63, 3.8) is 0 Å². The number of fused-ring (bicyclic) bond motifs is 1. The first-order valence-electron chi connectivity index (χ1n) is 7.80. The van der Waals surface area contributed by atoms with Gasteiger partial charge in [0.05, 0.1) is 6.10 Å². The van der Waals surface area contributed by atoms with Crippen LogP contribution in [0.15, 0.2) is 48.5 Å². The molecule has 3 rings (SSSR count). The lowest BCUT2D eigenvalue weighted by atomic mass is 10.1. The van der Waals surface area contributed by atoms with Gasteiger partial charge in [0, 0.05) is 18.3 Å². The molecule has 1 N–H and O–H groups in total. The molecule has 2 atom stereocenters. The van der Waals surface area contributed by atoms with Gasteiger partial charge in [0.1, 0.15) is 0 Å². The first-order valence-corrected chi connectivity index (χ1v) is 7.80. The topological polar surface area (TPSA) is 23.5 Å². The fourth-order valence-corrected chi connectivity index (χ4v) is 3.18. The largest absolute Gasteiger partial charge is 0.387 e. The minimum atomic E-state index is -0.440. The highest BCUT2D eigenvalue weighted by Gasteiger charge is 2.27. The Morgan fingerprint density at radius 3 is 2.57 bits per heavy atom. The van der Waals surface area contributed by atoms with Crippen LogP contribution in [0.1, 0.15) is 36.6 Å². The summed E-state index contributed by atoms with van der Waals surface area (Å²) < 4.78 is 0. The Kier molecular flexibility index (Phi) is 3.98. The zero-order valence-corrected chi connectivity index (χ0v) is 12.8. The molecule has 0 fully saturated rings. The van der Waals surface area contributed by atoms with E-state index in [1.165, 1.54) is 16.8 Å². The van der Waals surface area contributed by atoms with E-state index in [0.717, 1.165) is 18.4 Å². The molecule has 2 aromatic carbocycles. The molecule has 0 saturated heterocycles. The van der Waals surface area contributed by atoms with E-state index in [9.17, 15) is 5.11 Å². The van der Waals surface area contributed by atoms with E-state index < -0.39 is 6.10 Å². The average molecular weight is 281 g/mol. The maximum absolute atomic E-state index is 10.5. The summed E-state index contributed by atoms with van der Waals surface area (Å²) in [5.41, 5.74) is 4.97. The van der Waals surface area contributed by atoms with Crippen LogP contribution in [-0.4, -0.2) is 17.7 Å². The Hall–Kier alpha value is -1.80. The van der Waals surface area contributed by atoms with E-state index in [1.807, 2.05) is 0 Å². The van der Waals surface area contributed by atoms with Gasteiger partial charge in [-0.1, -0.05) is 49.4 Å². The summed E-state index contributed by atoms with van der Waals surface area (Å²) in [5.74, 6) is 0. The van der Waals surface area contributed by atoms with Gasteiger partial charge in [-0.25, -0.2) is 0 Å². The highest BCUT2D eigenvalue weighted by molar-refractivity contribution is 5.59. The first kappa shape index (κ1) is 14.2. The van der Waals surface area contributed by atoms with Gasteiger partial charge >= 0.3 is 0 Å². The van der Waals surface area contributed by atoms with Crippen LogP contribution < -0.4 is 4.90 Å². The van der Waals surface area contributed by atoms with Crippen molar-refractivity contribution in [1.82, 2.24) is 0 Å². The quantitative estimate of drug-likeness (QED) is 0.923. The summed E-state index contributed by atoms with van der Waals surface area (Å²) in [7, 11) is 0. The smallest absolute Gasteiger partial charge is 0.0964 e. The number of hydrogen-bond donors (Lipinski definition) is 1. The van der Waals surface area contributed by atoms with E-state index in [4.69, 9.17) is 0 Å². The van der Waals surface area contributed by atoms with E-state index in [-0.39, 0.29) is 0 Å². The molecule has 1 heterocycles. The van der Waals surface area contributed by atoms with Crippen molar-refractivity contribution in [3.8, 4) is 0 Å². The highest BCUT2D eigenvalue weighted by atomic mass is 16.3. The number of benzene rings is 2. The number of β-amino-alcohol motifs (C(OH)–C–C–N with tert-alkyl or cyclic N) is 1. The molecule has 0 saturated carbocycles. The van der Waals surface area contributed by atoms with Crippen LogP contribution in [0.4, 0.5) is 5.69 Å². The summed E-state index contributed by atoms with van der Waals surface area (Å²) >= 11 is 0. The van der Waals surface area contributed by atoms with Crippen LogP contribution in [0.5, 0.6) is 0 Å². The second kappa shape index (κ2) is 5.90. The number of aryl methyl sites for hydroxylation is 1. The van der Waals surface area contributed by atoms with Crippen molar-refractivity contribution in [2.45, 2.75) is 38.8 Å². The number of hydrogen-bond acceptors (Lipinski definition) is 2. The predicted octanol–water partition coefficient (Wildman–Crippen LogP) is 3.73. The Morgan fingerprint density at radius 2 is 1.86 bits per heavy atom. The minimum absolute atomic E-state index is 0.440. The standard InChI is InChI=1S/C19H23NO/c1-3-15-8-10-16(11-9-15)19(21)13-20-14(2)12-17-6-4-5-7-18(17)20/h4-11,14,19,21H,3,12-13H2,1-2H3. The van der Waals surface area contributed by atoms with Crippen molar-refractivity contribution in [3.05, 3.63) is 65.2 Å². The highest BCUT2D eigenvalue weighted by Crippen LogP contribution is 2.33. The summed E-state index contributed by atoms with van der Waals surface area (Å²) in [4.78, 5) is 2.33. The zero-order chi connectivity index (χ0) is 14.8. The van der Waals surface area contributed by atoms with Crippen molar-refractivity contribution in [1.29, 1.82) is 0 Å². The van der Waals surface area contributed by atoms with Crippen LogP contribution in [0.3, 0.4) is 0 Å². The van der Waals surface area contributed by atoms with Gasteiger partial charge in [-0.05, 0) is 42.5 Å². The van der Waals surface area contributed by atoms with Crippen LogP contribution in [0, 0.1) is 0 Å². The van der Waals surface area contributed by atoms with Gasteiger partial charge in [0.2, 0.25) is 0 Å². The Bertz CT molecular complexity index is 605. The molecule has 0 bridgehead atoms. The average Bonchev–Trinajstić information content (AvgIpc) is 2.83. The normalized spacial score (nSPS) is 18.6. The molecule has 0 aliphatic carbocycles. The molecule has 0 radical (unpaired) electrons. The molecule has 0 amide bonds. The summed E-state index contributed by atoms with van der Waals surface area (Å²) in [5, 5.41) is 10.5. The summed E-state index contributed by atoms with van der Waals surface area (Å²) in [6.07, 6.45) is 1.66. The van der Waals surface area contributed by atoms with Gasteiger partial charge in [-0.2, -0.15) is 0 Å². The van der Waals surface area contributed by atoms with E-state index >= 15 is 0 Å². The molecule has 110 valence electrons. The summed E-state index contributed by atoms with van der Waals surface area (Å²) in [6, 6.07) is 17.3. The fraction of sp³-hybridized carbons (Fsp3) is 0.368. The SMILES string of the molecule is CCc1ccc(C(O)CN2c3ccccc3CC2C)cc1. The summed E-state index contributed by atoms with van der Waals surface area (Å²) in [6.45, 7) is 5.03. The van der Waals surface area contributed by atoms with Crippen LogP contribution in [0.25, 0.3) is 0 Å². The monoisotopic (exact) mass is 281 g/mol. The number of rotatable bonds is 4. The van der Waals surface area contributed by atoms with E-state index in [2.05, 4.69) is 67.3 Å². The molecule has 2 aromatic rings. The third-order valence-corrected chi connectivity index (χ3v) is 4.49. The fourth-order valence-electron chi connectivity index (χ4n) is 3.18. The number of para-hydroxylation sites is 1. The zero-order valence-electron chi connectivity index (χ0n) is 12.8. The van der Waals surface area contributed by atoms with E-state index in [1.54, 1.807) is 0 Å². The van der Waals surface area contributed by atoms with Crippen LogP contribution in [0.2, 0.25) is 0 Å². The maximum atomic E-state index is 10.5. The number of nitrogens with zero attached hydrogens (tertiary/aromatic N) is 1. The van der Waals surface area contributed by atoms with Gasteiger partial charge in [0.25, 0.3) is 0 Å². The number of aliphatic hydroxyl groups is 1. The third kappa shape index (κ3) is 2.81. The van der Waals surface area contributed by atoms with Gasteiger partial charge in [-0.15, -0.1) is 0 Å². The maximum Gasteiger partial charge on any atom is 0.0964 e. The Balaban J connectivity index is 1.76. The van der Waals surface area contributed by atoms with Gasteiger partial charge in [-0.3, -0.25) is 0 Å². The van der Waals surface area contributed by atoms with Crippen molar-refractivity contribution in [2.75, 3.05) is 11.4 Å². The lowest BCUT2D eigenvalue weighted by molar-refractivity contribution is 0.181. The van der Waals surface area contributed by atoms with Crippen molar-refractivity contribution < 1.29 is 5.11 Å². The molecular formula is C19H23NO. The Morgan fingerprint density at radius 1 is 1.14 bits per heavy atom.